The molecule has 0 spiro atoms. The first kappa shape index (κ1) is 13.8. The van der Waals surface area contributed by atoms with Gasteiger partial charge in [0.25, 0.3) is 0 Å². The summed E-state index contributed by atoms with van der Waals surface area (Å²) < 4.78 is 0. The van der Waals surface area contributed by atoms with E-state index < -0.39 is 6.10 Å². The van der Waals surface area contributed by atoms with Crippen LogP contribution in [0, 0.1) is 0 Å². The van der Waals surface area contributed by atoms with Gasteiger partial charge in [-0.15, -0.1) is 21.5 Å². The van der Waals surface area contributed by atoms with Crippen molar-refractivity contribution in [3.05, 3.63) is 57.8 Å². The predicted molar refractivity (Wildman–Crippen MR) is 78.8 cm³/mol. The third kappa shape index (κ3) is 3.71. The minimum absolute atomic E-state index is 0.346. The van der Waals surface area contributed by atoms with Gasteiger partial charge in [0.15, 0.2) is 0 Å². The highest BCUT2D eigenvalue weighted by Crippen LogP contribution is 2.21. The summed E-state index contributed by atoms with van der Waals surface area (Å²) in [4.78, 5) is 5.61. The summed E-state index contributed by atoms with van der Waals surface area (Å²) >= 11 is 1.72. The van der Waals surface area contributed by atoms with Gasteiger partial charge in [-0.3, -0.25) is 4.98 Å². The molecular formula is C14H15N5OS. The molecule has 0 fully saturated rings. The van der Waals surface area contributed by atoms with Gasteiger partial charge in [0.2, 0.25) is 5.82 Å². The Hall–Kier alpha value is -2.12. The van der Waals surface area contributed by atoms with Crippen LogP contribution in [0.5, 0.6) is 0 Å². The zero-order valence-corrected chi connectivity index (χ0v) is 12.1. The van der Waals surface area contributed by atoms with Crippen LogP contribution in [-0.4, -0.2) is 30.7 Å². The number of hydrogen-bond acceptors (Lipinski definition) is 6. The normalized spacial score (nSPS) is 12.4. The van der Waals surface area contributed by atoms with Gasteiger partial charge in [0.05, 0.1) is 0 Å². The molecule has 0 aromatic carbocycles. The SMILES string of the molecule is OC(CCc1csc(Cc2ccccn2)c1)c1nn[nH]n1. The van der Waals surface area contributed by atoms with E-state index in [1.54, 1.807) is 11.3 Å². The van der Waals surface area contributed by atoms with Crippen molar-refractivity contribution in [1.29, 1.82) is 0 Å². The van der Waals surface area contributed by atoms with Crippen molar-refractivity contribution < 1.29 is 5.11 Å². The topological polar surface area (TPSA) is 87.6 Å². The molecule has 3 aromatic rings. The molecule has 1 atom stereocenters. The van der Waals surface area contributed by atoms with Crippen molar-refractivity contribution >= 4 is 11.3 Å². The highest BCUT2D eigenvalue weighted by Gasteiger charge is 2.12. The predicted octanol–water partition coefficient (Wildman–Crippen LogP) is 1.91. The molecule has 0 bridgehead atoms. The number of hydrogen-bond donors (Lipinski definition) is 2. The van der Waals surface area contributed by atoms with E-state index in [0.29, 0.717) is 12.2 Å². The highest BCUT2D eigenvalue weighted by atomic mass is 32.1. The quantitative estimate of drug-likeness (QED) is 0.726. The molecule has 0 aliphatic carbocycles. The highest BCUT2D eigenvalue weighted by molar-refractivity contribution is 7.10. The third-order valence-corrected chi connectivity index (χ3v) is 4.14. The Morgan fingerprint density at radius 3 is 3.05 bits per heavy atom. The molecule has 0 radical (unpaired) electrons. The molecule has 7 heteroatoms. The first-order valence-electron chi connectivity index (χ1n) is 6.69. The number of aryl methyl sites for hydroxylation is 1. The Morgan fingerprint density at radius 2 is 2.29 bits per heavy atom. The lowest BCUT2D eigenvalue weighted by Crippen LogP contribution is -2.01. The van der Waals surface area contributed by atoms with E-state index in [9.17, 15) is 5.11 Å². The van der Waals surface area contributed by atoms with Gasteiger partial charge in [-0.05, 0) is 42.0 Å². The maximum atomic E-state index is 9.92. The molecular weight excluding hydrogens is 286 g/mol. The van der Waals surface area contributed by atoms with Crippen LogP contribution in [-0.2, 0) is 12.8 Å². The van der Waals surface area contributed by atoms with Crippen molar-refractivity contribution in [2.24, 2.45) is 0 Å². The second-order valence-corrected chi connectivity index (χ2v) is 5.74. The molecule has 3 heterocycles. The number of rotatable bonds is 6. The number of aromatic nitrogens is 5. The third-order valence-electron chi connectivity index (χ3n) is 3.16. The van der Waals surface area contributed by atoms with Crippen LogP contribution in [0.4, 0.5) is 0 Å². The van der Waals surface area contributed by atoms with Crippen LogP contribution in [0.15, 0.2) is 35.8 Å². The number of nitrogens with one attached hydrogen (secondary N) is 1. The molecule has 0 aliphatic heterocycles. The van der Waals surface area contributed by atoms with E-state index in [1.165, 1.54) is 10.4 Å². The van der Waals surface area contributed by atoms with E-state index in [2.05, 4.69) is 37.1 Å². The summed E-state index contributed by atoms with van der Waals surface area (Å²) in [6.45, 7) is 0. The summed E-state index contributed by atoms with van der Waals surface area (Å²) in [5.41, 5.74) is 2.28. The smallest absolute Gasteiger partial charge is 0.202 e. The Labute approximate surface area is 125 Å². The van der Waals surface area contributed by atoms with E-state index in [1.807, 2.05) is 24.4 Å². The molecule has 3 aromatic heterocycles. The largest absolute Gasteiger partial charge is 0.385 e. The first-order chi connectivity index (χ1) is 10.3. The lowest BCUT2D eigenvalue weighted by Gasteiger charge is -2.03. The molecule has 21 heavy (non-hydrogen) atoms. The van der Waals surface area contributed by atoms with E-state index in [-0.39, 0.29) is 0 Å². The number of aliphatic hydroxyl groups excluding tert-OH is 1. The van der Waals surface area contributed by atoms with Gasteiger partial charge in [-0.1, -0.05) is 11.3 Å². The van der Waals surface area contributed by atoms with E-state index in [4.69, 9.17) is 0 Å². The average molecular weight is 301 g/mol. The minimum Gasteiger partial charge on any atom is -0.385 e. The van der Waals surface area contributed by atoms with Gasteiger partial charge in [0.1, 0.15) is 6.10 Å². The Balaban J connectivity index is 1.55. The van der Waals surface area contributed by atoms with E-state index in [0.717, 1.165) is 18.5 Å². The Morgan fingerprint density at radius 1 is 1.33 bits per heavy atom. The number of nitrogens with zero attached hydrogens (tertiary/aromatic N) is 4. The van der Waals surface area contributed by atoms with Crippen molar-refractivity contribution in [3.8, 4) is 0 Å². The molecule has 108 valence electrons. The number of aromatic amines is 1. The monoisotopic (exact) mass is 301 g/mol. The average Bonchev–Trinajstić information content (AvgIpc) is 3.17. The summed E-state index contributed by atoms with van der Waals surface area (Å²) in [5.74, 6) is 0.346. The van der Waals surface area contributed by atoms with Crippen LogP contribution in [0.3, 0.4) is 0 Å². The first-order valence-corrected chi connectivity index (χ1v) is 7.57. The van der Waals surface area contributed by atoms with Crippen molar-refractivity contribution in [1.82, 2.24) is 25.6 Å². The molecule has 0 amide bonds. The van der Waals surface area contributed by atoms with Crippen molar-refractivity contribution in [2.75, 3.05) is 0 Å². The van der Waals surface area contributed by atoms with Crippen LogP contribution < -0.4 is 0 Å². The Kier molecular flexibility index (Phi) is 4.32. The molecule has 6 nitrogen and oxygen atoms in total. The molecule has 2 N–H and O–H groups in total. The zero-order valence-electron chi connectivity index (χ0n) is 11.3. The van der Waals surface area contributed by atoms with Crippen LogP contribution in [0.25, 0.3) is 0 Å². The number of H-pyrrole nitrogens is 1. The number of pyridine rings is 1. The summed E-state index contributed by atoms with van der Waals surface area (Å²) in [7, 11) is 0. The van der Waals surface area contributed by atoms with Crippen molar-refractivity contribution in [3.63, 3.8) is 0 Å². The summed E-state index contributed by atoms with van der Waals surface area (Å²) in [5, 5.41) is 25.4. The minimum atomic E-state index is -0.678. The fraction of sp³-hybridized carbons (Fsp3) is 0.286. The summed E-state index contributed by atoms with van der Waals surface area (Å²) in [6, 6.07) is 8.11. The molecule has 3 rings (SSSR count). The Bertz CT molecular complexity index is 668. The molecule has 0 saturated carbocycles. The molecule has 0 saturated heterocycles. The summed E-state index contributed by atoms with van der Waals surface area (Å²) in [6.07, 6.45) is 3.35. The van der Waals surface area contributed by atoms with Gasteiger partial charge in [0, 0.05) is 23.2 Å². The van der Waals surface area contributed by atoms with Gasteiger partial charge < -0.3 is 5.11 Å². The second-order valence-electron chi connectivity index (χ2n) is 4.74. The maximum Gasteiger partial charge on any atom is 0.202 e. The molecule has 0 aliphatic rings. The van der Waals surface area contributed by atoms with Gasteiger partial charge in [-0.25, -0.2) is 0 Å². The maximum absolute atomic E-state index is 9.92. The van der Waals surface area contributed by atoms with Crippen molar-refractivity contribution in [2.45, 2.75) is 25.4 Å². The van der Waals surface area contributed by atoms with E-state index >= 15 is 0 Å². The van der Waals surface area contributed by atoms with Crippen LogP contribution >= 0.6 is 11.3 Å². The van der Waals surface area contributed by atoms with Gasteiger partial charge in [-0.2, -0.15) is 5.21 Å². The number of tetrazole rings is 1. The zero-order chi connectivity index (χ0) is 14.5. The number of thiophene rings is 1. The van der Waals surface area contributed by atoms with Crippen LogP contribution in [0.2, 0.25) is 0 Å². The number of aliphatic hydroxyl groups is 1. The van der Waals surface area contributed by atoms with Gasteiger partial charge >= 0.3 is 0 Å². The molecule has 1 unspecified atom stereocenters. The van der Waals surface area contributed by atoms with Crippen LogP contribution in [0.1, 0.15) is 34.5 Å². The lowest BCUT2D eigenvalue weighted by atomic mass is 10.1. The lowest BCUT2D eigenvalue weighted by molar-refractivity contribution is 0.158. The fourth-order valence-corrected chi connectivity index (χ4v) is 3.01. The standard InChI is InChI=1S/C14H15N5OS/c20-13(14-16-18-19-17-14)5-4-10-7-12(21-9-10)8-11-3-1-2-6-15-11/h1-3,6-7,9,13,20H,4-5,8H2,(H,16,17,18,19). The fourth-order valence-electron chi connectivity index (χ4n) is 2.07. The second kappa shape index (κ2) is 6.55.